The first-order valence-electron chi connectivity index (χ1n) is 4.80. The van der Waals surface area contributed by atoms with E-state index >= 15 is 0 Å². The maximum Gasteiger partial charge on any atom is 0.117 e. The van der Waals surface area contributed by atoms with Crippen LogP contribution in [-0.4, -0.2) is 41.5 Å². The number of hydrogen-bond acceptors (Lipinski definition) is 3. The van der Waals surface area contributed by atoms with E-state index in [0.29, 0.717) is 6.04 Å². The molecular weight excluding hydrogens is 350 g/mol. The number of piperidine rings is 1. The predicted molar refractivity (Wildman–Crippen MR) is 47.2 cm³/mol. The molecule has 3 rings (SSSR count). The van der Waals surface area contributed by atoms with Crippen molar-refractivity contribution in [1.29, 1.82) is 0 Å². The number of Topliss-reactive ketones (excluding diaryl/α,β-unsaturated/α-hetero) is 1. The molecular formula is C10H14NO2W-. The summed E-state index contributed by atoms with van der Waals surface area (Å²) in [5, 5.41) is 0. The van der Waals surface area contributed by atoms with Gasteiger partial charge in [0.2, 0.25) is 0 Å². The van der Waals surface area contributed by atoms with Crippen LogP contribution in [-0.2, 0) is 30.6 Å². The van der Waals surface area contributed by atoms with E-state index in [1.54, 1.807) is 6.92 Å². The largest absolute Gasteiger partial charge is 0.402 e. The molecule has 3 nitrogen and oxygen atoms in total. The summed E-state index contributed by atoms with van der Waals surface area (Å²) in [5.74, 6) is 1.62. The molecule has 4 heteroatoms. The number of likely N-dealkylation sites (tertiary alicyclic amines) is 1. The standard InChI is InChI=1S/C10H14NO2.W/c1-6-10(5-13-10)8-4-9(8,7(2)12)11(6)3;/h6H,4-5H2,1-3H3;/q-1;. The van der Waals surface area contributed by atoms with Gasteiger partial charge in [-0.1, -0.05) is 5.54 Å². The van der Waals surface area contributed by atoms with Gasteiger partial charge in [0, 0.05) is 33.7 Å². The number of ether oxygens (including phenoxy) is 1. The molecule has 0 N–H and O–H groups in total. The van der Waals surface area contributed by atoms with Crippen molar-refractivity contribution in [2.24, 2.45) is 0 Å². The van der Waals surface area contributed by atoms with E-state index in [2.05, 4.69) is 11.8 Å². The van der Waals surface area contributed by atoms with Crippen molar-refractivity contribution in [3.8, 4) is 0 Å². The van der Waals surface area contributed by atoms with E-state index in [1.807, 2.05) is 7.05 Å². The Morgan fingerprint density at radius 1 is 1.64 bits per heavy atom. The fourth-order valence-electron chi connectivity index (χ4n) is 3.02. The van der Waals surface area contributed by atoms with Crippen molar-refractivity contribution in [3.05, 3.63) is 5.92 Å². The van der Waals surface area contributed by atoms with Crippen LogP contribution in [0.2, 0.25) is 0 Å². The molecule has 2 saturated heterocycles. The van der Waals surface area contributed by atoms with Crippen LogP contribution in [0.3, 0.4) is 0 Å². The van der Waals surface area contributed by atoms with Crippen molar-refractivity contribution >= 4 is 5.78 Å². The second kappa shape index (κ2) is 2.69. The number of fused-ring (bicyclic) bond motifs is 2. The molecule has 14 heavy (non-hydrogen) atoms. The van der Waals surface area contributed by atoms with Crippen LogP contribution in [0.25, 0.3) is 0 Å². The quantitative estimate of drug-likeness (QED) is 0.499. The maximum absolute atomic E-state index is 11.6. The van der Waals surface area contributed by atoms with Gasteiger partial charge in [-0.15, -0.1) is 0 Å². The van der Waals surface area contributed by atoms with Crippen molar-refractivity contribution in [2.75, 3.05) is 13.7 Å². The number of rotatable bonds is 1. The average molecular weight is 364 g/mol. The molecule has 1 saturated carbocycles. The van der Waals surface area contributed by atoms with Gasteiger partial charge in [-0.05, 0) is 26.5 Å². The van der Waals surface area contributed by atoms with Gasteiger partial charge in [0.25, 0.3) is 0 Å². The summed E-state index contributed by atoms with van der Waals surface area (Å²) in [6, 6.07) is 0.375. The van der Waals surface area contributed by atoms with Crippen molar-refractivity contribution in [3.63, 3.8) is 0 Å². The predicted octanol–water partition coefficient (Wildman–Crippen LogP) is 0.393. The summed E-state index contributed by atoms with van der Waals surface area (Å²) in [6.07, 6.45) is 0.934. The zero-order valence-corrected chi connectivity index (χ0v) is 11.6. The molecule has 1 aliphatic carbocycles. The van der Waals surface area contributed by atoms with Gasteiger partial charge >= 0.3 is 0 Å². The SMILES string of the molecule is CC(=O)C12C[C-]1C1(CO1)C(C)N2C.[W]. The van der Waals surface area contributed by atoms with Crippen LogP contribution in [0.15, 0.2) is 0 Å². The molecule has 2 aliphatic heterocycles. The van der Waals surface area contributed by atoms with Crippen LogP contribution >= 0.6 is 0 Å². The summed E-state index contributed by atoms with van der Waals surface area (Å²) in [7, 11) is 2.04. The Morgan fingerprint density at radius 3 is 2.50 bits per heavy atom. The fraction of sp³-hybridized carbons (Fsp3) is 0.800. The van der Waals surface area contributed by atoms with E-state index in [4.69, 9.17) is 4.74 Å². The Balaban J connectivity index is 0.000000750. The fourth-order valence-corrected chi connectivity index (χ4v) is 3.02. The van der Waals surface area contributed by atoms with Crippen molar-refractivity contribution in [1.82, 2.24) is 4.90 Å². The van der Waals surface area contributed by atoms with Gasteiger partial charge in [0.1, 0.15) is 5.78 Å². The normalized spacial score (nSPS) is 50.1. The summed E-state index contributed by atoms with van der Waals surface area (Å²) in [5.41, 5.74) is -0.254. The first kappa shape index (κ1) is 10.8. The number of carbonyl (C=O) groups is 1. The zero-order chi connectivity index (χ0) is 9.43. The van der Waals surface area contributed by atoms with Gasteiger partial charge in [0.05, 0.1) is 0 Å². The van der Waals surface area contributed by atoms with Gasteiger partial charge in [-0.3, -0.25) is 5.92 Å². The van der Waals surface area contributed by atoms with Crippen LogP contribution < -0.4 is 0 Å². The number of hydrogen-bond donors (Lipinski definition) is 0. The summed E-state index contributed by atoms with van der Waals surface area (Å²) in [6.45, 7) is 4.66. The molecule has 0 radical (unpaired) electrons. The van der Waals surface area contributed by atoms with E-state index in [-0.39, 0.29) is 38.0 Å². The smallest absolute Gasteiger partial charge is 0.117 e. The number of ketones is 1. The molecule has 0 amide bonds. The summed E-state index contributed by atoms with van der Waals surface area (Å²) < 4.78 is 5.54. The number of likely N-dealkylation sites (N-methyl/N-ethyl adjacent to an activating group) is 1. The van der Waals surface area contributed by atoms with E-state index in [1.165, 1.54) is 5.92 Å². The third-order valence-electron chi connectivity index (χ3n) is 4.21. The Labute approximate surface area is 98.4 Å². The minimum atomic E-state index is -0.226. The van der Waals surface area contributed by atoms with Gasteiger partial charge in [-0.25, -0.2) is 0 Å². The van der Waals surface area contributed by atoms with Crippen LogP contribution in [0, 0.1) is 5.92 Å². The molecule has 0 bridgehead atoms. The van der Waals surface area contributed by atoms with Crippen molar-refractivity contribution in [2.45, 2.75) is 37.5 Å². The Hall–Kier alpha value is 0.278. The molecule has 0 aromatic heterocycles. The Kier molecular flexibility index (Phi) is 2.07. The van der Waals surface area contributed by atoms with E-state index < -0.39 is 0 Å². The van der Waals surface area contributed by atoms with Crippen LogP contribution in [0.1, 0.15) is 20.3 Å². The van der Waals surface area contributed by atoms with E-state index in [9.17, 15) is 4.79 Å². The van der Waals surface area contributed by atoms with Crippen molar-refractivity contribution < 1.29 is 30.6 Å². The Morgan fingerprint density at radius 2 is 2.21 bits per heavy atom. The molecule has 0 aromatic carbocycles. The van der Waals surface area contributed by atoms with Gasteiger partial charge in [0.15, 0.2) is 0 Å². The summed E-state index contributed by atoms with van der Waals surface area (Å²) in [4.78, 5) is 13.8. The Bertz CT molecular complexity index is 298. The second-order valence-electron chi connectivity index (χ2n) is 4.54. The molecule has 78 valence electrons. The number of nitrogens with zero attached hydrogens (tertiary/aromatic N) is 1. The van der Waals surface area contributed by atoms with Gasteiger partial charge < -0.3 is 14.4 Å². The monoisotopic (exact) mass is 364 g/mol. The zero-order valence-electron chi connectivity index (χ0n) is 8.66. The maximum atomic E-state index is 11.6. The minimum Gasteiger partial charge on any atom is -0.402 e. The molecule has 0 aromatic rings. The molecule has 3 fully saturated rings. The van der Waals surface area contributed by atoms with E-state index in [0.717, 1.165) is 13.0 Å². The third kappa shape index (κ3) is 0.874. The molecule has 1 spiro atoms. The molecule has 3 aliphatic rings. The summed E-state index contributed by atoms with van der Waals surface area (Å²) >= 11 is 0. The molecule has 2 heterocycles. The van der Waals surface area contributed by atoms with Crippen LogP contribution in [0.4, 0.5) is 0 Å². The number of epoxide rings is 1. The number of carbonyl (C=O) groups excluding carboxylic acids is 1. The third-order valence-corrected chi connectivity index (χ3v) is 4.21. The minimum absolute atomic E-state index is 0. The average Bonchev–Trinajstić information content (AvgIpc) is 2.93. The molecule has 3 atom stereocenters. The first-order valence-corrected chi connectivity index (χ1v) is 4.80. The topological polar surface area (TPSA) is 32.8 Å². The van der Waals surface area contributed by atoms with Gasteiger partial charge in [-0.2, -0.15) is 6.42 Å². The molecule has 3 unspecified atom stereocenters. The first-order chi connectivity index (χ1) is 6.06. The second-order valence-corrected chi connectivity index (χ2v) is 4.54. The van der Waals surface area contributed by atoms with Crippen LogP contribution in [0.5, 0.6) is 0 Å².